The number of nitrogens with zero attached hydrogens (tertiary/aromatic N) is 3. The molecule has 0 aromatic heterocycles. The van der Waals surface area contributed by atoms with Crippen LogP contribution in [0, 0.1) is 0 Å². The van der Waals surface area contributed by atoms with Gasteiger partial charge in [-0.3, -0.25) is 20.4 Å². The molecule has 8 heteroatoms. The topological polar surface area (TPSA) is 112 Å². The fourth-order valence-electron chi connectivity index (χ4n) is 3.01. The first-order valence-corrected chi connectivity index (χ1v) is 8.27. The quantitative estimate of drug-likeness (QED) is 0.429. The SMILES string of the molecule is N/N=C1\NNC(=O)C2=CC(C(=O)c3ccccc3)=NN(c3ccccc3)C21. The van der Waals surface area contributed by atoms with E-state index >= 15 is 0 Å². The van der Waals surface area contributed by atoms with Crippen LogP contribution in [0.15, 0.2) is 82.5 Å². The lowest BCUT2D eigenvalue weighted by atomic mass is 9.96. The average molecular weight is 360 g/mol. The highest BCUT2D eigenvalue weighted by Gasteiger charge is 2.40. The number of amidine groups is 1. The molecule has 0 bridgehead atoms. The lowest BCUT2D eigenvalue weighted by Gasteiger charge is -2.37. The highest BCUT2D eigenvalue weighted by Crippen LogP contribution is 2.27. The first kappa shape index (κ1) is 16.5. The Bertz CT molecular complexity index is 982. The Hall–Kier alpha value is -3.94. The Morgan fingerprint density at radius 3 is 2.37 bits per heavy atom. The van der Waals surface area contributed by atoms with Crippen molar-refractivity contribution in [2.75, 3.05) is 5.01 Å². The Morgan fingerprint density at radius 2 is 1.70 bits per heavy atom. The van der Waals surface area contributed by atoms with Gasteiger partial charge in [0.2, 0.25) is 5.78 Å². The number of Topliss-reactive ketones (excluding diaryl/α,β-unsaturated/α-hetero) is 1. The lowest BCUT2D eigenvalue weighted by molar-refractivity contribution is -0.118. The molecule has 8 nitrogen and oxygen atoms in total. The molecule has 4 N–H and O–H groups in total. The van der Waals surface area contributed by atoms with Gasteiger partial charge in [-0.1, -0.05) is 48.5 Å². The summed E-state index contributed by atoms with van der Waals surface area (Å²) in [5.41, 5.74) is 6.85. The van der Waals surface area contributed by atoms with Gasteiger partial charge in [-0.2, -0.15) is 10.2 Å². The van der Waals surface area contributed by atoms with Gasteiger partial charge >= 0.3 is 0 Å². The van der Waals surface area contributed by atoms with Crippen LogP contribution < -0.4 is 21.7 Å². The number of amides is 1. The summed E-state index contributed by atoms with van der Waals surface area (Å²) in [4.78, 5) is 25.3. The van der Waals surface area contributed by atoms with Gasteiger partial charge in [-0.05, 0) is 18.2 Å². The van der Waals surface area contributed by atoms with Crippen molar-refractivity contribution in [1.82, 2.24) is 10.9 Å². The summed E-state index contributed by atoms with van der Waals surface area (Å²) in [5.74, 6) is 5.15. The number of para-hydroxylation sites is 1. The molecule has 27 heavy (non-hydrogen) atoms. The number of benzene rings is 2. The predicted molar refractivity (Wildman–Crippen MR) is 102 cm³/mol. The zero-order valence-electron chi connectivity index (χ0n) is 14.2. The summed E-state index contributed by atoms with van der Waals surface area (Å²) in [7, 11) is 0. The van der Waals surface area contributed by atoms with Crippen LogP contribution in [-0.2, 0) is 4.79 Å². The van der Waals surface area contributed by atoms with E-state index < -0.39 is 6.04 Å². The van der Waals surface area contributed by atoms with E-state index in [9.17, 15) is 9.59 Å². The second-order valence-electron chi connectivity index (χ2n) is 5.96. The number of hydrazone groups is 2. The van der Waals surface area contributed by atoms with Crippen LogP contribution in [0.2, 0.25) is 0 Å². The van der Waals surface area contributed by atoms with Crippen molar-refractivity contribution < 1.29 is 9.59 Å². The molecule has 0 radical (unpaired) electrons. The van der Waals surface area contributed by atoms with E-state index in [4.69, 9.17) is 5.84 Å². The van der Waals surface area contributed by atoms with Crippen LogP contribution in [-0.4, -0.2) is 29.3 Å². The second-order valence-corrected chi connectivity index (χ2v) is 5.96. The number of fused-ring (bicyclic) bond motifs is 1. The minimum absolute atomic E-state index is 0.157. The van der Waals surface area contributed by atoms with Gasteiger partial charge in [0.1, 0.15) is 11.8 Å². The first-order valence-electron chi connectivity index (χ1n) is 8.27. The molecular formula is C19H16N6O2. The molecule has 2 aliphatic rings. The van der Waals surface area contributed by atoms with Crippen LogP contribution in [0.1, 0.15) is 10.4 Å². The van der Waals surface area contributed by atoms with E-state index in [2.05, 4.69) is 21.1 Å². The Balaban J connectivity index is 1.84. The number of anilines is 1. The number of nitrogens with two attached hydrogens (primary N) is 1. The highest BCUT2D eigenvalue weighted by molar-refractivity contribution is 6.51. The molecular weight excluding hydrogens is 344 g/mol. The van der Waals surface area contributed by atoms with Crippen LogP contribution in [0.3, 0.4) is 0 Å². The van der Waals surface area contributed by atoms with Gasteiger partial charge in [0.15, 0.2) is 5.84 Å². The average Bonchev–Trinajstić information content (AvgIpc) is 2.74. The van der Waals surface area contributed by atoms with Gasteiger partial charge in [0, 0.05) is 5.56 Å². The summed E-state index contributed by atoms with van der Waals surface area (Å²) in [5, 5.41) is 9.81. The normalized spacial score (nSPS) is 20.1. The smallest absolute Gasteiger partial charge is 0.268 e. The van der Waals surface area contributed by atoms with Crippen LogP contribution in [0.25, 0.3) is 0 Å². The molecule has 0 spiro atoms. The molecule has 0 aliphatic carbocycles. The zero-order chi connectivity index (χ0) is 18.8. The molecule has 1 saturated heterocycles. The van der Waals surface area contributed by atoms with Crippen molar-refractivity contribution in [3.8, 4) is 0 Å². The van der Waals surface area contributed by atoms with Crippen molar-refractivity contribution >= 4 is 28.9 Å². The van der Waals surface area contributed by atoms with Crippen LogP contribution in [0.4, 0.5) is 5.69 Å². The molecule has 1 unspecified atom stereocenters. The summed E-state index contributed by atoms with van der Waals surface area (Å²) in [6.07, 6.45) is 1.49. The fourth-order valence-corrected chi connectivity index (χ4v) is 3.01. The number of allylic oxidation sites excluding steroid dienone is 1. The number of nitrogens with one attached hydrogen (secondary N) is 2. The van der Waals surface area contributed by atoms with E-state index in [0.717, 1.165) is 0 Å². The third-order valence-electron chi connectivity index (χ3n) is 4.30. The summed E-state index contributed by atoms with van der Waals surface area (Å²) >= 11 is 0. The number of carbonyl (C=O) groups is 2. The number of carbonyl (C=O) groups excluding carboxylic acids is 2. The Kier molecular flexibility index (Phi) is 4.13. The summed E-state index contributed by atoms with van der Waals surface area (Å²) < 4.78 is 0. The molecule has 1 amide bonds. The molecule has 2 heterocycles. The fraction of sp³-hybridized carbons (Fsp3) is 0.0526. The van der Waals surface area contributed by atoms with Gasteiger partial charge in [0.25, 0.3) is 5.91 Å². The van der Waals surface area contributed by atoms with Crippen molar-refractivity contribution in [3.05, 3.63) is 77.9 Å². The maximum Gasteiger partial charge on any atom is 0.268 e. The zero-order valence-corrected chi connectivity index (χ0v) is 14.2. The highest BCUT2D eigenvalue weighted by atomic mass is 16.2. The molecule has 134 valence electrons. The Labute approximate surface area is 155 Å². The van der Waals surface area contributed by atoms with E-state index in [1.807, 2.05) is 36.4 Å². The van der Waals surface area contributed by atoms with Crippen molar-refractivity contribution in [2.24, 2.45) is 16.0 Å². The monoisotopic (exact) mass is 360 g/mol. The number of hydrogen-bond acceptors (Lipinski definition) is 6. The lowest BCUT2D eigenvalue weighted by Crippen LogP contribution is -2.61. The van der Waals surface area contributed by atoms with Crippen molar-refractivity contribution in [3.63, 3.8) is 0 Å². The number of rotatable bonds is 3. The maximum atomic E-state index is 12.9. The molecule has 4 rings (SSSR count). The van der Waals surface area contributed by atoms with Gasteiger partial charge in [-0.15, -0.1) is 0 Å². The summed E-state index contributed by atoms with van der Waals surface area (Å²) in [6.45, 7) is 0. The van der Waals surface area contributed by atoms with Crippen LogP contribution >= 0.6 is 0 Å². The molecule has 2 aromatic rings. The van der Waals surface area contributed by atoms with Crippen LogP contribution in [0.5, 0.6) is 0 Å². The van der Waals surface area contributed by atoms with Gasteiger partial charge < -0.3 is 5.84 Å². The third-order valence-corrected chi connectivity index (χ3v) is 4.30. The van der Waals surface area contributed by atoms with Crippen molar-refractivity contribution in [2.45, 2.75) is 6.04 Å². The minimum Gasteiger partial charge on any atom is -0.321 e. The molecule has 2 aromatic carbocycles. The van der Waals surface area contributed by atoms with E-state index in [-0.39, 0.29) is 17.4 Å². The molecule has 0 saturated carbocycles. The van der Waals surface area contributed by atoms with Crippen molar-refractivity contribution in [1.29, 1.82) is 0 Å². The molecule has 1 fully saturated rings. The van der Waals surface area contributed by atoms with E-state index in [0.29, 0.717) is 22.7 Å². The van der Waals surface area contributed by atoms with E-state index in [1.165, 1.54) is 6.08 Å². The van der Waals surface area contributed by atoms with Gasteiger partial charge in [-0.25, -0.2) is 5.01 Å². The minimum atomic E-state index is -0.654. The molecule has 1 atom stereocenters. The second kappa shape index (κ2) is 6.75. The summed E-state index contributed by atoms with van der Waals surface area (Å²) in [6, 6.07) is 17.4. The Morgan fingerprint density at radius 1 is 1.04 bits per heavy atom. The predicted octanol–water partition coefficient (Wildman–Crippen LogP) is 0.947. The third kappa shape index (κ3) is 2.93. The maximum absolute atomic E-state index is 12.9. The number of hydrazine groups is 1. The number of hydrogen-bond donors (Lipinski definition) is 3. The van der Waals surface area contributed by atoms with E-state index in [1.54, 1.807) is 29.3 Å². The number of ketones is 1. The standard InChI is InChI=1S/C19H16N6O2/c20-21-18-16-14(19(27)23-22-18)11-15(17(26)12-7-3-1-4-8-12)24-25(16)13-9-5-2-6-10-13/h1-11,16H,20H2,(H,21,22)(H,23,27). The molecule has 2 aliphatic heterocycles. The largest absolute Gasteiger partial charge is 0.321 e. The van der Waals surface area contributed by atoms with Gasteiger partial charge in [0.05, 0.1) is 11.3 Å². The first-order chi connectivity index (χ1) is 13.2.